The van der Waals surface area contributed by atoms with Crippen LogP contribution in [-0.2, 0) is 17.6 Å². The third kappa shape index (κ3) is 4.99. The van der Waals surface area contributed by atoms with Gasteiger partial charge in [-0.25, -0.2) is 4.98 Å². The first-order valence-corrected chi connectivity index (χ1v) is 13.4. The zero-order chi connectivity index (χ0) is 24.7. The van der Waals surface area contributed by atoms with E-state index in [1.54, 1.807) is 11.3 Å². The number of thiophene rings is 1. The van der Waals surface area contributed by atoms with Gasteiger partial charge in [0.25, 0.3) is 0 Å². The van der Waals surface area contributed by atoms with Crippen LogP contribution in [0.15, 0.2) is 12.3 Å². The molecule has 3 heterocycles. The number of nitrogens with one attached hydrogen (secondary N) is 1. The third-order valence-corrected chi connectivity index (χ3v) is 8.49. The van der Waals surface area contributed by atoms with E-state index in [4.69, 9.17) is 20.4 Å². The molecule has 0 aromatic carbocycles. The Kier molecular flexibility index (Phi) is 6.67. The van der Waals surface area contributed by atoms with Crippen LogP contribution in [-0.4, -0.2) is 56.8 Å². The van der Waals surface area contributed by atoms with E-state index in [1.807, 2.05) is 16.9 Å². The van der Waals surface area contributed by atoms with Gasteiger partial charge in [0.15, 0.2) is 5.82 Å². The number of anilines is 2. The van der Waals surface area contributed by atoms with Crippen molar-refractivity contribution >= 4 is 39.2 Å². The van der Waals surface area contributed by atoms with E-state index < -0.39 is 0 Å². The average Bonchev–Trinajstić information content (AvgIpc) is 3.43. The van der Waals surface area contributed by atoms with Gasteiger partial charge in [-0.1, -0.05) is 0 Å². The summed E-state index contributed by atoms with van der Waals surface area (Å²) < 4.78 is 8.49. The fourth-order valence-corrected chi connectivity index (χ4v) is 6.38. The second kappa shape index (κ2) is 9.73. The van der Waals surface area contributed by atoms with Crippen molar-refractivity contribution < 1.29 is 9.53 Å². The number of aromatic nitrogens is 4. The van der Waals surface area contributed by atoms with Crippen LogP contribution in [0, 0.1) is 5.92 Å². The predicted octanol–water partition coefficient (Wildman–Crippen LogP) is 4.05. The average molecular weight is 498 g/mol. The van der Waals surface area contributed by atoms with Crippen LogP contribution < -0.4 is 15.8 Å². The second-order valence-electron chi connectivity index (χ2n) is 10.3. The summed E-state index contributed by atoms with van der Waals surface area (Å²) in [7, 11) is 4.29. The Bertz CT molecular complexity index is 1210. The summed E-state index contributed by atoms with van der Waals surface area (Å²) in [6.07, 6.45) is 8.50. The molecular formula is C25H35N7O2S. The summed E-state index contributed by atoms with van der Waals surface area (Å²) in [6, 6.07) is 2.79. The molecular weight excluding hydrogens is 462 g/mol. The lowest BCUT2D eigenvalue weighted by molar-refractivity contribution is -0.122. The van der Waals surface area contributed by atoms with Crippen molar-refractivity contribution in [2.45, 2.75) is 77.0 Å². The van der Waals surface area contributed by atoms with E-state index in [9.17, 15) is 4.79 Å². The topological polar surface area (TPSA) is 111 Å². The fourth-order valence-electron chi connectivity index (χ4n) is 5.17. The fraction of sp³-hybridized carbons (Fsp3) is 0.600. The molecule has 2 aliphatic rings. The normalized spacial score (nSPS) is 22.5. The first-order chi connectivity index (χ1) is 16.8. The number of amides is 1. The summed E-state index contributed by atoms with van der Waals surface area (Å²) in [5.74, 6) is 1.40. The number of nitrogens with two attached hydrogens (primary N) is 1. The van der Waals surface area contributed by atoms with Gasteiger partial charge in [-0.3, -0.25) is 9.48 Å². The maximum Gasteiger partial charge on any atom is 0.233 e. The summed E-state index contributed by atoms with van der Waals surface area (Å²) in [5, 5.41) is 8.80. The number of fused-ring (bicyclic) bond motifs is 3. The van der Waals surface area contributed by atoms with Crippen LogP contribution in [0.3, 0.4) is 0 Å². The second-order valence-corrected chi connectivity index (χ2v) is 11.4. The first-order valence-electron chi connectivity index (χ1n) is 12.5. The standard InChI is InChI=1S/C25H35N7O2S/c1-14(2)32-12-11-20(30-32)27-25-28-23(34-17-8-6-16(7-9-17)31(3)4)21-18-13-15(22(26)33)5-10-19(18)35-24(21)29-25/h11-12,14-17H,5-10,13H2,1-4H3,(H2,26,33)(H,27,28,29,30)/t15-,16?,17?/m1/s1. The smallest absolute Gasteiger partial charge is 0.233 e. The monoisotopic (exact) mass is 497 g/mol. The van der Waals surface area contributed by atoms with E-state index >= 15 is 0 Å². The van der Waals surface area contributed by atoms with Gasteiger partial charge in [-0.05, 0) is 78.5 Å². The molecule has 0 radical (unpaired) electrons. The van der Waals surface area contributed by atoms with Crippen molar-refractivity contribution in [2.75, 3.05) is 19.4 Å². The molecule has 0 aliphatic heterocycles. The molecule has 188 valence electrons. The number of nitrogens with zero attached hydrogens (tertiary/aromatic N) is 5. The molecule has 10 heteroatoms. The lowest BCUT2D eigenvalue weighted by Crippen LogP contribution is -2.35. The van der Waals surface area contributed by atoms with Crippen molar-refractivity contribution in [3.63, 3.8) is 0 Å². The van der Waals surface area contributed by atoms with Crippen molar-refractivity contribution in [1.29, 1.82) is 0 Å². The molecule has 3 N–H and O–H groups in total. The SMILES string of the molecule is CC(C)n1ccc(Nc2nc(OC3CCC(N(C)C)CC3)c3c4c(sc3n2)CC[C@@H](C(N)=O)C4)n1. The highest BCUT2D eigenvalue weighted by Gasteiger charge is 2.31. The Morgan fingerprint density at radius 1 is 1.23 bits per heavy atom. The number of rotatable bonds is 7. The van der Waals surface area contributed by atoms with Gasteiger partial charge < -0.3 is 20.7 Å². The molecule has 1 amide bonds. The molecule has 3 aromatic rings. The van der Waals surface area contributed by atoms with E-state index in [0.717, 1.165) is 54.3 Å². The predicted molar refractivity (Wildman–Crippen MR) is 138 cm³/mol. The molecule has 0 saturated heterocycles. The number of carbonyl (C=O) groups is 1. The van der Waals surface area contributed by atoms with Gasteiger partial charge in [0.05, 0.1) is 5.39 Å². The Balaban J connectivity index is 1.48. The van der Waals surface area contributed by atoms with Crippen molar-refractivity contribution in [3.8, 4) is 5.88 Å². The summed E-state index contributed by atoms with van der Waals surface area (Å²) in [6.45, 7) is 4.18. The number of carbonyl (C=O) groups excluding carboxylic acids is 1. The van der Waals surface area contributed by atoms with Crippen LogP contribution in [0.1, 0.15) is 62.4 Å². The molecule has 2 aliphatic carbocycles. The van der Waals surface area contributed by atoms with E-state index in [0.29, 0.717) is 30.1 Å². The molecule has 1 saturated carbocycles. The molecule has 0 unspecified atom stereocenters. The highest BCUT2D eigenvalue weighted by molar-refractivity contribution is 7.18. The van der Waals surface area contributed by atoms with Gasteiger partial charge in [0.2, 0.25) is 17.7 Å². The number of aryl methyl sites for hydroxylation is 1. The Labute approximate surface area is 210 Å². The Hall–Kier alpha value is -2.72. The zero-order valence-corrected chi connectivity index (χ0v) is 21.8. The maximum atomic E-state index is 12.0. The Morgan fingerprint density at radius 2 is 2.00 bits per heavy atom. The van der Waals surface area contributed by atoms with Gasteiger partial charge in [-0.15, -0.1) is 11.3 Å². The van der Waals surface area contributed by atoms with Crippen LogP contribution >= 0.6 is 11.3 Å². The van der Waals surface area contributed by atoms with Crippen LogP contribution in [0.5, 0.6) is 5.88 Å². The lowest BCUT2D eigenvalue weighted by Gasteiger charge is -2.32. The number of hydrogen-bond donors (Lipinski definition) is 2. The number of primary amides is 1. The maximum absolute atomic E-state index is 12.0. The van der Waals surface area contributed by atoms with Gasteiger partial charge in [0, 0.05) is 35.1 Å². The molecule has 9 nitrogen and oxygen atoms in total. The Morgan fingerprint density at radius 3 is 2.66 bits per heavy atom. The molecule has 0 bridgehead atoms. The zero-order valence-electron chi connectivity index (χ0n) is 21.0. The quantitative estimate of drug-likeness (QED) is 0.506. The van der Waals surface area contributed by atoms with E-state index in [1.165, 1.54) is 4.88 Å². The van der Waals surface area contributed by atoms with Crippen LogP contribution in [0.25, 0.3) is 10.2 Å². The van der Waals surface area contributed by atoms with Gasteiger partial charge in [-0.2, -0.15) is 10.1 Å². The molecule has 1 fully saturated rings. The minimum Gasteiger partial charge on any atom is -0.474 e. The van der Waals surface area contributed by atoms with Crippen molar-refractivity contribution in [1.82, 2.24) is 24.6 Å². The molecule has 3 aromatic heterocycles. The minimum atomic E-state index is -0.237. The minimum absolute atomic E-state index is 0.114. The molecule has 1 atom stereocenters. The molecule has 5 rings (SSSR count). The number of hydrogen-bond acceptors (Lipinski definition) is 8. The largest absolute Gasteiger partial charge is 0.474 e. The summed E-state index contributed by atoms with van der Waals surface area (Å²) >= 11 is 1.67. The molecule has 35 heavy (non-hydrogen) atoms. The molecule has 0 spiro atoms. The van der Waals surface area contributed by atoms with E-state index in [-0.39, 0.29) is 24.0 Å². The number of ether oxygens (including phenoxy) is 1. The summed E-state index contributed by atoms with van der Waals surface area (Å²) in [4.78, 5) is 26.1. The van der Waals surface area contributed by atoms with Crippen molar-refractivity contribution in [3.05, 3.63) is 22.7 Å². The summed E-state index contributed by atoms with van der Waals surface area (Å²) in [5.41, 5.74) is 6.81. The highest BCUT2D eigenvalue weighted by atomic mass is 32.1. The third-order valence-electron chi connectivity index (χ3n) is 7.30. The first kappa shape index (κ1) is 24.0. The van der Waals surface area contributed by atoms with Crippen LogP contribution in [0.2, 0.25) is 0 Å². The van der Waals surface area contributed by atoms with Crippen LogP contribution in [0.4, 0.5) is 11.8 Å². The highest BCUT2D eigenvalue weighted by Crippen LogP contribution is 2.42. The van der Waals surface area contributed by atoms with Gasteiger partial charge in [0.1, 0.15) is 10.9 Å². The lowest BCUT2D eigenvalue weighted by atomic mass is 9.87. The van der Waals surface area contributed by atoms with Gasteiger partial charge >= 0.3 is 0 Å². The van der Waals surface area contributed by atoms with Crippen molar-refractivity contribution in [2.24, 2.45) is 11.7 Å². The van der Waals surface area contributed by atoms with E-state index in [2.05, 4.69) is 43.3 Å².